The molecule has 0 aromatic carbocycles. The van der Waals surface area contributed by atoms with Crippen LogP contribution in [0.2, 0.25) is 0 Å². The second kappa shape index (κ2) is 1.98. The van der Waals surface area contributed by atoms with Gasteiger partial charge in [-0.2, -0.15) is 10.6 Å². The molecule has 0 unspecified atom stereocenters. The van der Waals surface area contributed by atoms with Crippen LogP contribution in [0.15, 0.2) is 39.5 Å². The van der Waals surface area contributed by atoms with E-state index in [1.54, 1.807) is 18.5 Å². The summed E-state index contributed by atoms with van der Waals surface area (Å²) in [6, 6.07) is 0. The third-order valence-electron chi connectivity index (χ3n) is 1.31. The number of hydrogen-bond donors (Lipinski definition) is 1. The van der Waals surface area contributed by atoms with E-state index < -0.39 is 10.6 Å². The van der Waals surface area contributed by atoms with E-state index in [4.69, 9.17) is 0 Å². The van der Waals surface area contributed by atoms with Gasteiger partial charge in [0.05, 0.1) is 0 Å². The van der Waals surface area contributed by atoms with E-state index >= 15 is 0 Å². The van der Waals surface area contributed by atoms with Crippen LogP contribution in [0.25, 0.3) is 0 Å². The van der Waals surface area contributed by atoms with Crippen LogP contribution in [0.3, 0.4) is 0 Å². The van der Waals surface area contributed by atoms with Crippen molar-refractivity contribution in [2.45, 2.75) is 0 Å². The van der Waals surface area contributed by atoms with Crippen LogP contribution in [0.4, 0.5) is 0 Å². The Morgan fingerprint density at radius 1 is 1.60 bits per heavy atom. The lowest BCUT2D eigenvalue weighted by Crippen LogP contribution is -2.07. The summed E-state index contributed by atoms with van der Waals surface area (Å²) in [5, 5.41) is 2.94. The summed E-state index contributed by atoms with van der Waals surface area (Å²) < 4.78 is 14.7. The predicted octanol–water partition coefficient (Wildman–Crippen LogP) is 0.990. The van der Waals surface area contributed by atoms with Crippen LogP contribution < -0.4 is 5.32 Å². The molecule has 10 heavy (non-hydrogen) atoms. The molecule has 0 aromatic rings. The molecule has 0 amide bonds. The van der Waals surface area contributed by atoms with Gasteiger partial charge in [-0.25, -0.2) is 0 Å². The minimum Gasteiger partial charge on any atom is -0.440 e. The van der Waals surface area contributed by atoms with Gasteiger partial charge in [0.1, 0.15) is 0 Å². The summed E-state index contributed by atoms with van der Waals surface area (Å²) in [6.07, 6.45) is 6.99. The van der Waals surface area contributed by atoms with E-state index in [9.17, 15) is 4.21 Å². The first-order valence-corrected chi connectivity index (χ1v) is 3.95. The van der Waals surface area contributed by atoms with Crippen LogP contribution in [-0.4, -0.2) is 0 Å². The van der Waals surface area contributed by atoms with Crippen molar-refractivity contribution in [3.8, 4) is 0 Å². The van der Waals surface area contributed by atoms with E-state index in [0.717, 1.165) is 10.6 Å². The zero-order valence-corrected chi connectivity index (χ0v) is 5.89. The van der Waals surface area contributed by atoms with Gasteiger partial charge in [-0.15, -0.1) is 0 Å². The van der Waals surface area contributed by atoms with Gasteiger partial charge in [0.15, 0.2) is 0 Å². The zero-order valence-electron chi connectivity index (χ0n) is 5.07. The number of dihydropyridines is 1. The van der Waals surface area contributed by atoms with Crippen molar-refractivity contribution in [2.24, 2.45) is 4.36 Å². The van der Waals surface area contributed by atoms with Crippen molar-refractivity contribution in [3.63, 3.8) is 0 Å². The molecule has 0 aliphatic carbocycles. The molecule has 2 heterocycles. The highest BCUT2D eigenvalue weighted by molar-refractivity contribution is 7.79. The summed E-state index contributed by atoms with van der Waals surface area (Å²) in [5.41, 5.74) is 0.848. The Morgan fingerprint density at radius 2 is 2.50 bits per heavy atom. The lowest BCUT2D eigenvalue weighted by molar-refractivity contribution is 0.603. The number of hydrogen-bond acceptors (Lipinski definition) is 4. The smallest absolute Gasteiger partial charge is 0.0390 e. The Hall–Kier alpha value is -1.03. The molecular weight excluding hydrogens is 148 g/mol. The lowest BCUT2D eigenvalue weighted by atomic mass is 10.3. The van der Waals surface area contributed by atoms with E-state index in [0.29, 0.717) is 0 Å². The van der Waals surface area contributed by atoms with E-state index in [2.05, 4.69) is 9.68 Å². The number of nitrogens with one attached hydrogen (secondary N) is 1. The van der Waals surface area contributed by atoms with Crippen molar-refractivity contribution in [2.75, 3.05) is 0 Å². The SMILES string of the molecule is O=[S-]1=NC=C2NC=CC=C21. The number of allylic oxidation sites excluding steroid dienone is 2. The highest BCUT2D eigenvalue weighted by Crippen LogP contribution is 2.18. The summed E-state index contributed by atoms with van der Waals surface area (Å²) in [7, 11) is -1.16. The fourth-order valence-electron chi connectivity index (χ4n) is 0.845. The van der Waals surface area contributed by atoms with Crippen LogP contribution >= 0.6 is 0 Å². The summed E-state index contributed by atoms with van der Waals surface area (Å²) in [4.78, 5) is 0.766. The highest BCUT2D eigenvalue weighted by atomic mass is 32.2. The van der Waals surface area contributed by atoms with Gasteiger partial charge in [-0.1, -0.05) is 11.0 Å². The maximum atomic E-state index is 11.0. The molecule has 2 rings (SSSR count). The van der Waals surface area contributed by atoms with Gasteiger partial charge in [0.2, 0.25) is 0 Å². The van der Waals surface area contributed by atoms with Crippen LogP contribution in [-0.2, 0) is 14.8 Å². The molecule has 0 aromatic heterocycles. The largest absolute Gasteiger partial charge is 0.440 e. The molecular formula is C6H5N2OS-. The Kier molecular flexibility index (Phi) is 1.14. The molecule has 0 bridgehead atoms. The Balaban J connectivity index is 2.56. The first-order chi connectivity index (χ1) is 4.88. The molecule has 4 heteroatoms. The highest BCUT2D eigenvalue weighted by Gasteiger charge is 2.02. The summed E-state index contributed by atoms with van der Waals surface area (Å²) in [6.45, 7) is 0. The van der Waals surface area contributed by atoms with Crippen molar-refractivity contribution >= 4 is 10.6 Å². The third-order valence-corrected chi connectivity index (χ3v) is 2.34. The Morgan fingerprint density at radius 3 is 3.30 bits per heavy atom. The molecule has 0 saturated carbocycles. The van der Waals surface area contributed by atoms with E-state index in [1.165, 1.54) is 0 Å². The fourth-order valence-corrected chi connectivity index (χ4v) is 1.65. The lowest BCUT2D eigenvalue weighted by Gasteiger charge is -2.11. The maximum Gasteiger partial charge on any atom is 0.0390 e. The normalized spacial score (nSPS) is 22.4. The number of rotatable bonds is 0. The molecule has 3 nitrogen and oxygen atoms in total. The maximum absolute atomic E-state index is 11.0. The Bertz CT molecular complexity index is 332. The van der Waals surface area contributed by atoms with Crippen LogP contribution in [0.1, 0.15) is 0 Å². The van der Waals surface area contributed by atoms with Gasteiger partial charge < -0.3 is 13.9 Å². The van der Waals surface area contributed by atoms with Crippen LogP contribution in [0, 0.1) is 0 Å². The minimum atomic E-state index is -1.16. The number of fused-ring (bicyclic) bond motifs is 1. The summed E-state index contributed by atoms with van der Waals surface area (Å²) >= 11 is 0. The topological polar surface area (TPSA) is 41.5 Å². The van der Waals surface area contributed by atoms with Gasteiger partial charge in [0, 0.05) is 18.1 Å². The summed E-state index contributed by atoms with van der Waals surface area (Å²) in [5.74, 6) is 0. The predicted molar refractivity (Wildman–Crippen MR) is 38.9 cm³/mol. The fraction of sp³-hybridized carbons (Fsp3) is 0. The van der Waals surface area contributed by atoms with Crippen molar-refractivity contribution in [1.82, 2.24) is 5.32 Å². The third kappa shape index (κ3) is 0.690. The first kappa shape index (κ1) is 5.73. The minimum absolute atomic E-state index is 0.766. The average molecular weight is 153 g/mol. The standard InChI is InChI=1S/C6H5N2OS/c9-10-6-2-1-3-7-5(6)4-8-10/h1-4,7H/q-1. The molecule has 1 N–H and O–H groups in total. The second-order valence-corrected chi connectivity index (χ2v) is 3.08. The second-order valence-electron chi connectivity index (χ2n) is 1.93. The molecule has 0 fully saturated rings. The van der Waals surface area contributed by atoms with E-state index in [-0.39, 0.29) is 0 Å². The Labute approximate surface area is 60.3 Å². The van der Waals surface area contributed by atoms with Gasteiger partial charge in [-0.05, 0) is 6.08 Å². The molecule has 0 radical (unpaired) electrons. The monoisotopic (exact) mass is 153 g/mol. The average Bonchev–Trinajstić information content (AvgIpc) is 2.34. The van der Waals surface area contributed by atoms with E-state index in [1.807, 2.05) is 6.08 Å². The van der Waals surface area contributed by atoms with Crippen molar-refractivity contribution < 1.29 is 4.21 Å². The molecule has 52 valence electrons. The quantitative estimate of drug-likeness (QED) is 0.527. The molecule has 0 saturated heterocycles. The van der Waals surface area contributed by atoms with Crippen molar-refractivity contribution in [3.05, 3.63) is 35.2 Å². The van der Waals surface area contributed by atoms with Crippen LogP contribution in [0.5, 0.6) is 0 Å². The molecule has 0 atom stereocenters. The molecule has 0 spiro atoms. The molecule has 2 aliphatic rings. The van der Waals surface area contributed by atoms with Gasteiger partial charge in [-0.3, -0.25) is 0 Å². The number of nitrogens with zero attached hydrogens (tertiary/aromatic N) is 1. The van der Waals surface area contributed by atoms with Crippen molar-refractivity contribution in [1.29, 1.82) is 0 Å². The zero-order chi connectivity index (χ0) is 6.97. The van der Waals surface area contributed by atoms with Gasteiger partial charge in [0.25, 0.3) is 0 Å². The first-order valence-electron chi connectivity index (χ1n) is 2.84. The molecule has 2 aliphatic heterocycles. The van der Waals surface area contributed by atoms with Gasteiger partial charge >= 0.3 is 0 Å².